The average Bonchev–Trinajstić information content (AvgIpc) is 3.09. The second-order valence-electron chi connectivity index (χ2n) is 5.53. The Labute approximate surface area is 151 Å². The van der Waals surface area contributed by atoms with E-state index in [-0.39, 0.29) is 5.97 Å². The highest BCUT2D eigenvalue weighted by Crippen LogP contribution is 2.21. The number of carbonyl (C=O) groups excluding carboxylic acids is 1. The summed E-state index contributed by atoms with van der Waals surface area (Å²) in [5.41, 5.74) is 4.11. The van der Waals surface area contributed by atoms with Crippen molar-refractivity contribution >= 4 is 29.5 Å². The highest BCUT2D eigenvalue weighted by atomic mass is 35.5. The van der Waals surface area contributed by atoms with Gasteiger partial charge in [0.05, 0.1) is 30.3 Å². The van der Waals surface area contributed by atoms with Gasteiger partial charge in [-0.15, -0.1) is 0 Å². The number of nitrogens with zero attached hydrogens (tertiary/aromatic N) is 2. The summed E-state index contributed by atoms with van der Waals surface area (Å²) in [5.74, 6) is -0.374. The van der Waals surface area contributed by atoms with Crippen molar-refractivity contribution in [3.05, 3.63) is 82.6 Å². The van der Waals surface area contributed by atoms with Crippen molar-refractivity contribution < 1.29 is 9.53 Å². The first kappa shape index (κ1) is 17.0. The van der Waals surface area contributed by atoms with Crippen molar-refractivity contribution in [2.45, 2.75) is 6.92 Å². The molecule has 0 amide bonds. The molecule has 3 aromatic rings. The molecule has 3 rings (SSSR count). The molecule has 0 saturated heterocycles. The smallest absolute Gasteiger partial charge is 0.337 e. The van der Waals surface area contributed by atoms with E-state index in [0.717, 1.165) is 22.6 Å². The molecule has 4 nitrogen and oxygen atoms in total. The first-order chi connectivity index (χ1) is 12.1. The Kier molecular flexibility index (Phi) is 5.00. The van der Waals surface area contributed by atoms with Crippen LogP contribution >= 0.6 is 11.6 Å². The fourth-order valence-corrected chi connectivity index (χ4v) is 2.59. The zero-order chi connectivity index (χ0) is 17.8. The number of aromatic nitrogens is 1. The lowest BCUT2D eigenvalue weighted by atomic mass is 10.1. The minimum Gasteiger partial charge on any atom is -0.465 e. The number of benzene rings is 2. The van der Waals surface area contributed by atoms with Crippen LogP contribution in [0, 0.1) is 6.92 Å². The molecule has 0 aliphatic heterocycles. The summed E-state index contributed by atoms with van der Waals surface area (Å²) < 4.78 is 6.78. The summed E-state index contributed by atoms with van der Waals surface area (Å²) in [6, 6.07) is 16.8. The number of aliphatic imine (C=N–C) groups is 1. The molecular formula is C20H17ClN2O2. The van der Waals surface area contributed by atoms with Gasteiger partial charge in [-0.1, -0.05) is 17.7 Å². The van der Waals surface area contributed by atoms with Crippen molar-refractivity contribution in [3.63, 3.8) is 0 Å². The topological polar surface area (TPSA) is 43.6 Å². The molecule has 5 heteroatoms. The van der Waals surface area contributed by atoms with Crippen molar-refractivity contribution in [2.24, 2.45) is 4.99 Å². The third-order valence-corrected chi connectivity index (χ3v) is 4.10. The molecule has 0 fully saturated rings. The van der Waals surface area contributed by atoms with Crippen LogP contribution in [0.15, 0.2) is 65.8 Å². The molecule has 1 heterocycles. The van der Waals surface area contributed by atoms with Crippen LogP contribution < -0.4 is 0 Å². The van der Waals surface area contributed by atoms with Crippen LogP contribution in [0.4, 0.5) is 5.69 Å². The number of methoxy groups -OCH3 is 1. The van der Waals surface area contributed by atoms with Gasteiger partial charge >= 0.3 is 5.97 Å². The molecule has 1 aromatic heterocycles. The largest absolute Gasteiger partial charge is 0.465 e. The van der Waals surface area contributed by atoms with Crippen LogP contribution in [0.5, 0.6) is 0 Å². The minimum absolute atomic E-state index is 0.374. The van der Waals surface area contributed by atoms with Crippen LogP contribution in [0.2, 0.25) is 5.02 Å². The number of halogens is 1. The van der Waals surface area contributed by atoms with Crippen LogP contribution in [0.25, 0.3) is 5.69 Å². The molecular weight excluding hydrogens is 336 g/mol. The monoisotopic (exact) mass is 352 g/mol. The highest BCUT2D eigenvalue weighted by Gasteiger charge is 2.07. The molecule has 25 heavy (non-hydrogen) atoms. The van der Waals surface area contributed by atoms with Crippen molar-refractivity contribution in [3.8, 4) is 5.69 Å². The molecule has 0 N–H and O–H groups in total. The zero-order valence-corrected chi connectivity index (χ0v) is 14.7. The van der Waals surface area contributed by atoms with Gasteiger partial charge in [0.2, 0.25) is 0 Å². The van der Waals surface area contributed by atoms with Crippen LogP contribution in [0.1, 0.15) is 21.6 Å². The van der Waals surface area contributed by atoms with E-state index in [9.17, 15) is 4.79 Å². The maximum absolute atomic E-state index is 11.7. The molecule has 0 saturated carbocycles. The Morgan fingerprint density at radius 3 is 2.64 bits per heavy atom. The lowest BCUT2D eigenvalue weighted by molar-refractivity contribution is 0.0601. The van der Waals surface area contributed by atoms with E-state index in [4.69, 9.17) is 16.3 Å². The third kappa shape index (κ3) is 3.80. The predicted octanol–water partition coefficient (Wildman–Crippen LogP) is 4.98. The molecule has 126 valence electrons. The normalized spacial score (nSPS) is 11.0. The van der Waals surface area contributed by atoms with Gasteiger partial charge in [0, 0.05) is 16.9 Å². The number of carbonyl (C=O) groups is 1. The summed E-state index contributed by atoms with van der Waals surface area (Å²) in [5, 5.41) is 0.696. The van der Waals surface area contributed by atoms with E-state index >= 15 is 0 Å². The Morgan fingerprint density at radius 2 is 1.92 bits per heavy atom. The SMILES string of the molecule is COC(=O)c1ccc(C)c(N=Cc2cccn2-c2ccc(Cl)cc2)c1. The highest BCUT2D eigenvalue weighted by molar-refractivity contribution is 6.30. The predicted molar refractivity (Wildman–Crippen MR) is 101 cm³/mol. The first-order valence-electron chi connectivity index (χ1n) is 7.75. The fraction of sp³-hybridized carbons (Fsp3) is 0.100. The second-order valence-corrected chi connectivity index (χ2v) is 5.97. The molecule has 0 aliphatic rings. The quantitative estimate of drug-likeness (QED) is 0.491. The number of rotatable bonds is 4. The first-order valence-corrected chi connectivity index (χ1v) is 8.12. The lowest BCUT2D eigenvalue weighted by Crippen LogP contribution is -2.01. The lowest BCUT2D eigenvalue weighted by Gasteiger charge is -2.07. The maximum atomic E-state index is 11.7. The van der Waals surface area contributed by atoms with Gasteiger partial charge < -0.3 is 9.30 Å². The standard InChI is InChI=1S/C20H17ClN2O2/c1-14-5-6-15(20(24)25-2)12-19(14)22-13-18-4-3-11-23(18)17-9-7-16(21)8-10-17/h3-13H,1-2H3. The summed E-state index contributed by atoms with van der Waals surface area (Å²) in [7, 11) is 1.37. The second kappa shape index (κ2) is 7.36. The van der Waals surface area contributed by atoms with E-state index in [0.29, 0.717) is 10.6 Å². The summed E-state index contributed by atoms with van der Waals surface area (Å²) in [6.45, 7) is 1.95. The van der Waals surface area contributed by atoms with Crippen molar-refractivity contribution in [1.29, 1.82) is 0 Å². The van der Waals surface area contributed by atoms with E-state index in [1.165, 1.54) is 7.11 Å². The number of aryl methyl sites for hydroxylation is 1. The number of hydrogen-bond donors (Lipinski definition) is 0. The molecule has 0 bridgehead atoms. The maximum Gasteiger partial charge on any atom is 0.337 e. The molecule has 2 aromatic carbocycles. The summed E-state index contributed by atoms with van der Waals surface area (Å²) >= 11 is 5.95. The Bertz CT molecular complexity index is 927. The van der Waals surface area contributed by atoms with Gasteiger partial charge in [0.25, 0.3) is 0 Å². The van der Waals surface area contributed by atoms with Gasteiger partial charge in [-0.05, 0) is 61.0 Å². The number of hydrogen-bond acceptors (Lipinski definition) is 3. The summed E-state index contributed by atoms with van der Waals surface area (Å²) in [4.78, 5) is 16.2. The van der Waals surface area contributed by atoms with Gasteiger partial charge in [-0.2, -0.15) is 0 Å². The fourth-order valence-electron chi connectivity index (χ4n) is 2.47. The van der Waals surface area contributed by atoms with Crippen LogP contribution in [-0.2, 0) is 4.74 Å². The van der Waals surface area contributed by atoms with E-state index in [1.54, 1.807) is 18.3 Å². The van der Waals surface area contributed by atoms with Gasteiger partial charge in [0.15, 0.2) is 0 Å². The van der Waals surface area contributed by atoms with Gasteiger partial charge in [-0.3, -0.25) is 4.99 Å². The van der Waals surface area contributed by atoms with Crippen LogP contribution in [0.3, 0.4) is 0 Å². The molecule has 0 spiro atoms. The van der Waals surface area contributed by atoms with Crippen molar-refractivity contribution in [2.75, 3.05) is 7.11 Å². The third-order valence-electron chi connectivity index (χ3n) is 3.85. The number of ether oxygens (including phenoxy) is 1. The van der Waals surface area contributed by atoms with E-state index in [2.05, 4.69) is 4.99 Å². The minimum atomic E-state index is -0.374. The van der Waals surface area contributed by atoms with Gasteiger partial charge in [0.1, 0.15) is 0 Å². The number of esters is 1. The van der Waals surface area contributed by atoms with Crippen molar-refractivity contribution in [1.82, 2.24) is 4.57 Å². The Balaban J connectivity index is 1.92. The molecule has 0 atom stereocenters. The van der Waals surface area contributed by atoms with E-state index in [1.807, 2.05) is 60.2 Å². The molecule has 0 aliphatic carbocycles. The van der Waals surface area contributed by atoms with E-state index < -0.39 is 0 Å². The zero-order valence-electron chi connectivity index (χ0n) is 13.9. The van der Waals surface area contributed by atoms with Crippen LogP contribution in [-0.4, -0.2) is 23.9 Å². The Hall–Kier alpha value is -2.85. The van der Waals surface area contributed by atoms with Gasteiger partial charge in [-0.25, -0.2) is 4.79 Å². The summed E-state index contributed by atoms with van der Waals surface area (Å²) in [6.07, 6.45) is 3.74. The molecule has 0 unspecified atom stereocenters. The average molecular weight is 353 g/mol. The Morgan fingerprint density at radius 1 is 1.16 bits per heavy atom. The molecule has 0 radical (unpaired) electrons.